The van der Waals surface area contributed by atoms with Gasteiger partial charge in [0.25, 0.3) is 0 Å². The van der Waals surface area contributed by atoms with Crippen LogP contribution in [0.5, 0.6) is 0 Å². The van der Waals surface area contributed by atoms with E-state index in [4.69, 9.17) is 20.0 Å². The van der Waals surface area contributed by atoms with Crippen LogP contribution in [0.3, 0.4) is 0 Å². The smallest absolute Gasteiger partial charge is 1.00 e. The van der Waals surface area contributed by atoms with Gasteiger partial charge in [-0.2, -0.15) is 0 Å². The maximum atomic E-state index is 10.5. The molecule has 0 heterocycles. The van der Waals surface area contributed by atoms with Gasteiger partial charge >= 0.3 is 43.1 Å². The van der Waals surface area contributed by atoms with Crippen molar-refractivity contribution < 1.29 is 69.9 Å². The van der Waals surface area contributed by atoms with Gasteiger partial charge in [0.2, 0.25) is 5.52 Å². The minimum Gasteiger partial charge on any atom is -1.00 e. The quantitative estimate of drug-likeness (QED) is 0.174. The van der Waals surface area contributed by atoms with Crippen LogP contribution in [0.25, 0.3) is 0 Å². The van der Waals surface area contributed by atoms with E-state index in [2.05, 4.69) is 4.74 Å². The Bertz CT molecular complexity index is 254. The zero-order valence-corrected chi connectivity index (χ0v) is 11.9. The molecule has 0 saturated carbocycles. The molecule has 0 rings (SSSR count). The van der Waals surface area contributed by atoms with Crippen LogP contribution in [-0.2, 0) is 18.9 Å². The first-order valence-corrected chi connectivity index (χ1v) is 5.28. The molecular weight excluding hydrogens is 254 g/mol. The third-order valence-corrected chi connectivity index (χ3v) is 1.97. The van der Waals surface area contributed by atoms with Gasteiger partial charge in [-0.15, -0.1) is 0 Å². The summed E-state index contributed by atoms with van der Waals surface area (Å²) in [4.78, 5) is 37.5. The van der Waals surface area contributed by atoms with E-state index in [1.165, 1.54) is 0 Å². The number of hydrogen-bond acceptors (Lipinski definition) is 6. The molecule has 0 aliphatic rings. The van der Waals surface area contributed by atoms with E-state index < -0.39 is 32.3 Å². The van der Waals surface area contributed by atoms with E-state index in [1.807, 2.05) is 0 Å². The predicted octanol–water partition coefficient (Wildman–Crippen LogP) is -4.31. The Morgan fingerprint density at radius 2 is 1.62 bits per heavy atom. The molecule has 0 spiro atoms. The van der Waals surface area contributed by atoms with Gasteiger partial charge in [-0.05, 0) is 0 Å². The van der Waals surface area contributed by atoms with Gasteiger partial charge in [0.05, 0.1) is 13.5 Å². The Morgan fingerprint density at radius 1 is 1.25 bits per heavy atom. The maximum Gasteiger partial charge on any atom is 1.00 e. The topological polar surface area (TPSA) is 141 Å². The van der Waals surface area contributed by atoms with Crippen molar-refractivity contribution in [2.45, 2.75) is 12.8 Å². The molecular formula is C6H14NaO8P. The van der Waals surface area contributed by atoms with Gasteiger partial charge in [-0.1, -0.05) is 0 Å². The fourth-order valence-electron chi connectivity index (χ4n) is 0.457. The molecule has 0 unspecified atom stereocenters. The van der Waals surface area contributed by atoms with Crippen molar-refractivity contribution in [3.8, 4) is 0 Å². The van der Waals surface area contributed by atoms with Crippen LogP contribution < -0.4 is 29.6 Å². The molecule has 0 aliphatic carbocycles. The van der Waals surface area contributed by atoms with Gasteiger partial charge in [0.15, 0.2) is 0 Å². The molecule has 92 valence electrons. The fourth-order valence-corrected chi connectivity index (χ4v) is 0.860. The molecule has 0 aromatic rings. The average Bonchev–Trinajstić information content (AvgIpc) is 2.13. The molecule has 0 amide bonds. The number of hydrogen-bond donors (Lipinski definition) is 4. The number of esters is 1. The summed E-state index contributed by atoms with van der Waals surface area (Å²) in [7, 11) is -3.54. The first kappa shape index (κ1) is 21.5. The van der Waals surface area contributed by atoms with Gasteiger partial charge in [0.1, 0.15) is 6.79 Å². The molecule has 0 aliphatic heterocycles. The van der Waals surface area contributed by atoms with Gasteiger partial charge in [0, 0.05) is 6.42 Å². The molecule has 0 aromatic carbocycles. The number of rotatable bonds is 4. The maximum absolute atomic E-state index is 10.5. The van der Waals surface area contributed by atoms with Crippen LogP contribution in [0.15, 0.2) is 0 Å². The standard InChI is InChI=1S/C5H9O6P.CH4O2.Na.H/c1-11-4(6)2-3-5(7)12(8,9)10;2-1-3;;/h2-3H2,1H3,(H2,8,9,10);2-3H,1H2;;/q;;+1;-1. The summed E-state index contributed by atoms with van der Waals surface area (Å²) in [6.45, 7) is -0.750. The number of carbonyl (C=O) groups excluding carboxylic acids is 2. The van der Waals surface area contributed by atoms with Crippen LogP contribution in [0.4, 0.5) is 0 Å². The number of carbonyl (C=O) groups is 2. The summed E-state index contributed by atoms with van der Waals surface area (Å²) in [5.41, 5.74) is -1.24. The summed E-state index contributed by atoms with van der Waals surface area (Å²) >= 11 is 0. The molecule has 4 N–H and O–H groups in total. The van der Waals surface area contributed by atoms with Crippen molar-refractivity contribution in [1.82, 2.24) is 0 Å². The summed E-state index contributed by atoms with van der Waals surface area (Å²) in [5.74, 6) is -0.670. The third kappa shape index (κ3) is 14.2. The molecule has 0 aromatic heterocycles. The average molecular weight is 268 g/mol. The van der Waals surface area contributed by atoms with Gasteiger partial charge < -0.3 is 26.2 Å². The van der Waals surface area contributed by atoms with Crippen molar-refractivity contribution in [2.75, 3.05) is 13.9 Å². The second kappa shape index (κ2) is 11.7. The largest absolute Gasteiger partial charge is 1.00 e. The van der Waals surface area contributed by atoms with Crippen molar-refractivity contribution in [2.24, 2.45) is 0 Å². The number of aliphatic hydroxyl groups excluding tert-OH is 1. The Morgan fingerprint density at radius 3 is 1.88 bits per heavy atom. The summed E-state index contributed by atoms with van der Waals surface area (Å²) in [6.07, 6.45) is -0.794. The monoisotopic (exact) mass is 268 g/mol. The molecule has 10 heteroatoms. The summed E-state index contributed by atoms with van der Waals surface area (Å²) < 4.78 is 14.4. The van der Waals surface area contributed by atoms with Crippen molar-refractivity contribution in [3.63, 3.8) is 0 Å². The van der Waals surface area contributed by atoms with Crippen LogP contribution >= 0.6 is 7.60 Å². The number of aliphatic hydroxyl groups is 2. The summed E-state index contributed by atoms with van der Waals surface area (Å²) in [6, 6.07) is 0. The van der Waals surface area contributed by atoms with Crippen molar-refractivity contribution in [1.29, 1.82) is 0 Å². The van der Waals surface area contributed by atoms with E-state index in [1.54, 1.807) is 0 Å². The predicted molar refractivity (Wildman–Crippen MR) is 48.7 cm³/mol. The Balaban J connectivity index is -0.000000152. The van der Waals surface area contributed by atoms with Crippen LogP contribution in [0.2, 0.25) is 0 Å². The molecule has 0 atom stereocenters. The van der Waals surface area contributed by atoms with E-state index in [9.17, 15) is 14.2 Å². The second-order valence-electron chi connectivity index (χ2n) is 2.16. The van der Waals surface area contributed by atoms with Crippen molar-refractivity contribution >= 4 is 19.1 Å². The van der Waals surface area contributed by atoms with Crippen LogP contribution in [0.1, 0.15) is 14.3 Å². The first-order valence-electron chi connectivity index (χ1n) is 3.67. The Kier molecular flexibility index (Phi) is 15.7. The van der Waals surface area contributed by atoms with E-state index in [-0.39, 0.29) is 37.4 Å². The summed E-state index contributed by atoms with van der Waals surface area (Å²) in [5, 5.41) is 14.2. The molecule has 0 saturated heterocycles. The molecule has 0 bridgehead atoms. The molecule has 0 radical (unpaired) electrons. The molecule has 16 heavy (non-hydrogen) atoms. The molecule has 8 nitrogen and oxygen atoms in total. The Labute approximate surface area is 116 Å². The van der Waals surface area contributed by atoms with Crippen LogP contribution in [-0.4, -0.2) is 45.4 Å². The normalized spacial score (nSPS) is 9.31. The minimum atomic E-state index is -4.67. The van der Waals surface area contributed by atoms with Gasteiger partial charge in [-0.25, -0.2) is 0 Å². The fraction of sp³-hybridized carbons (Fsp3) is 0.667. The zero-order chi connectivity index (χ0) is 12.5. The first-order chi connectivity index (χ1) is 6.79. The minimum absolute atomic E-state index is 0. The van der Waals surface area contributed by atoms with Gasteiger partial charge in [-0.3, -0.25) is 14.2 Å². The van der Waals surface area contributed by atoms with E-state index in [0.717, 1.165) is 7.11 Å². The molecule has 0 fully saturated rings. The van der Waals surface area contributed by atoms with Crippen molar-refractivity contribution in [3.05, 3.63) is 0 Å². The SMILES string of the molecule is COC(=O)CCC(=O)P(=O)(O)O.OCO.[H-].[Na+]. The van der Waals surface area contributed by atoms with Crippen LogP contribution in [0, 0.1) is 0 Å². The Hall–Kier alpha value is 0.210. The van der Waals surface area contributed by atoms with E-state index in [0.29, 0.717) is 0 Å². The zero-order valence-electron chi connectivity index (χ0n) is 9.99. The number of ether oxygens (including phenoxy) is 1. The second-order valence-corrected chi connectivity index (χ2v) is 3.74. The third-order valence-electron chi connectivity index (χ3n) is 1.10. The van der Waals surface area contributed by atoms with E-state index >= 15 is 0 Å². The number of methoxy groups -OCH3 is 1.